The summed E-state index contributed by atoms with van der Waals surface area (Å²) in [6.07, 6.45) is 11.9. The zero-order chi connectivity index (χ0) is 7.40. The summed E-state index contributed by atoms with van der Waals surface area (Å²) in [7, 11) is 0. The molecule has 0 aromatic heterocycles. The van der Waals surface area contributed by atoms with E-state index in [1.807, 2.05) is 0 Å². The van der Waals surface area contributed by atoms with E-state index in [1.54, 1.807) is 0 Å². The average Bonchev–Trinajstić information content (AvgIpc) is 2.50. The molecule has 0 saturated carbocycles. The molecule has 0 atom stereocenters. The number of hydrogen-bond acceptors (Lipinski definition) is 0. The summed E-state index contributed by atoms with van der Waals surface area (Å²) in [5.41, 5.74) is 0. The fraction of sp³-hybridized carbons (Fsp3) is 0.333. The summed E-state index contributed by atoms with van der Waals surface area (Å²) in [5, 5.41) is 0. The van der Waals surface area contributed by atoms with Crippen molar-refractivity contribution in [2.45, 2.75) is 13.3 Å². The third-order valence-corrected chi connectivity index (χ3v) is 1.53. The van der Waals surface area contributed by atoms with Crippen molar-refractivity contribution in [3.8, 4) is 0 Å². The first-order valence-corrected chi connectivity index (χ1v) is 3.79. The molecule has 0 heterocycles. The summed E-state index contributed by atoms with van der Waals surface area (Å²) in [5.74, 6) is 0.833. The van der Waals surface area contributed by atoms with Gasteiger partial charge in [0.05, 0.1) is 0 Å². The first-order valence-electron chi connectivity index (χ1n) is 3.79. The van der Waals surface area contributed by atoms with E-state index in [9.17, 15) is 0 Å². The SMILES string of the molecule is CC1C=C1.[Li][C]1=CC=CC1. The molecule has 48 valence electrons. The van der Waals surface area contributed by atoms with Crippen LogP contribution in [0.25, 0.3) is 0 Å². The van der Waals surface area contributed by atoms with Gasteiger partial charge in [0.15, 0.2) is 0 Å². The molecule has 0 saturated heterocycles. The molecule has 0 amide bonds. The molecule has 0 spiro atoms. The topological polar surface area (TPSA) is 0 Å². The Labute approximate surface area is 71.9 Å². The fourth-order valence-corrected chi connectivity index (χ4v) is 0.665. The van der Waals surface area contributed by atoms with Crippen molar-refractivity contribution >= 4 is 17.7 Å². The Morgan fingerprint density at radius 1 is 1.50 bits per heavy atom. The standard InChI is InChI=1S/C5H5.C4H6.Li/c1-2-4-5-3-1;1-4-2-3-4;/h1-3H,4H2;2-4H,1H3;. The van der Waals surface area contributed by atoms with E-state index in [2.05, 4.69) is 55.0 Å². The minimum atomic E-state index is 0.833. The van der Waals surface area contributed by atoms with Gasteiger partial charge in [-0.15, -0.1) is 0 Å². The van der Waals surface area contributed by atoms with E-state index < -0.39 is 0 Å². The minimum absolute atomic E-state index is 0.833. The van der Waals surface area contributed by atoms with Crippen LogP contribution in [0.4, 0.5) is 0 Å². The van der Waals surface area contributed by atoms with E-state index in [4.69, 9.17) is 0 Å². The molecule has 10 heavy (non-hydrogen) atoms. The van der Waals surface area contributed by atoms with Gasteiger partial charge in [0, 0.05) is 0 Å². The molecule has 2 rings (SSSR count). The second kappa shape index (κ2) is 3.86. The average molecular weight is 126 g/mol. The van der Waals surface area contributed by atoms with E-state index in [1.165, 1.54) is 10.7 Å². The summed E-state index contributed by atoms with van der Waals surface area (Å²) < 4.78 is 1.47. The molecular formula is C9H11Li. The maximum absolute atomic E-state index is 2.17. The molecule has 0 nitrogen and oxygen atoms in total. The first-order chi connectivity index (χ1) is 4.79. The van der Waals surface area contributed by atoms with Gasteiger partial charge in [-0.1, -0.05) is 19.1 Å². The van der Waals surface area contributed by atoms with Crippen molar-refractivity contribution < 1.29 is 0 Å². The molecule has 2 aliphatic rings. The molecule has 0 radical (unpaired) electrons. The van der Waals surface area contributed by atoms with Gasteiger partial charge in [0.1, 0.15) is 0 Å². The molecule has 0 bridgehead atoms. The summed E-state index contributed by atoms with van der Waals surface area (Å²) in [4.78, 5) is 0. The van der Waals surface area contributed by atoms with Gasteiger partial charge in [0.2, 0.25) is 0 Å². The van der Waals surface area contributed by atoms with Gasteiger partial charge in [-0.25, -0.2) is 0 Å². The molecule has 1 heteroatoms. The third kappa shape index (κ3) is 3.77. The Morgan fingerprint density at radius 3 is 2.20 bits per heavy atom. The van der Waals surface area contributed by atoms with Gasteiger partial charge < -0.3 is 0 Å². The summed E-state index contributed by atoms with van der Waals surface area (Å²) in [6, 6.07) is 0. The van der Waals surface area contributed by atoms with Crippen LogP contribution in [0.5, 0.6) is 0 Å². The van der Waals surface area contributed by atoms with Crippen molar-refractivity contribution in [2.24, 2.45) is 5.92 Å². The van der Waals surface area contributed by atoms with Gasteiger partial charge in [-0.05, 0) is 5.92 Å². The van der Waals surface area contributed by atoms with E-state index in [-0.39, 0.29) is 0 Å². The second-order valence-corrected chi connectivity index (χ2v) is 2.89. The molecule has 0 aliphatic heterocycles. The molecule has 0 aromatic rings. The molecule has 0 unspecified atom stereocenters. The van der Waals surface area contributed by atoms with E-state index in [0.717, 1.165) is 5.92 Å². The molecule has 0 aromatic carbocycles. The Kier molecular flexibility index (Phi) is 3.06. The van der Waals surface area contributed by atoms with Crippen LogP contribution in [0.3, 0.4) is 0 Å². The van der Waals surface area contributed by atoms with Crippen LogP contribution < -0.4 is 0 Å². The maximum atomic E-state index is 2.17. The zero-order valence-electron chi connectivity index (χ0n) is 6.67. The van der Waals surface area contributed by atoms with Crippen molar-refractivity contribution in [2.75, 3.05) is 0 Å². The Balaban J connectivity index is 0.000000108. The Bertz CT molecular complexity index is 181. The number of allylic oxidation sites excluding steroid dienone is 6. The predicted molar refractivity (Wildman–Crippen MR) is 45.9 cm³/mol. The van der Waals surface area contributed by atoms with Crippen LogP contribution in [-0.4, -0.2) is 17.7 Å². The van der Waals surface area contributed by atoms with Gasteiger partial charge in [0.25, 0.3) is 0 Å². The number of hydrogen-bond donors (Lipinski definition) is 0. The van der Waals surface area contributed by atoms with E-state index in [0.29, 0.717) is 0 Å². The molecule has 0 fully saturated rings. The first kappa shape index (κ1) is 7.92. The molecule has 0 N–H and O–H groups in total. The summed E-state index contributed by atoms with van der Waals surface area (Å²) in [6.45, 7) is 2.17. The third-order valence-electron chi connectivity index (χ3n) is 1.53. The normalized spacial score (nSPS) is 20.1. The second-order valence-electron chi connectivity index (χ2n) is 2.89. The fourth-order valence-electron chi connectivity index (χ4n) is 0.665. The zero-order valence-corrected chi connectivity index (χ0v) is 6.67. The van der Waals surface area contributed by atoms with Gasteiger partial charge in [-0.3, -0.25) is 0 Å². The number of rotatable bonds is 0. The van der Waals surface area contributed by atoms with Gasteiger partial charge >= 0.3 is 46.6 Å². The van der Waals surface area contributed by atoms with Crippen LogP contribution in [0.1, 0.15) is 13.3 Å². The molecular weight excluding hydrogens is 115 g/mol. The van der Waals surface area contributed by atoms with Gasteiger partial charge in [-0.2, -0.15) is 0 Å². The van der Waals surface area contributed by atoms with Crippen molar-refractivity contribution in [3.05, 3.63) is 34.6 Å². The quantitative estimate of drug-likeness (QED) is 0.344. The van der Waals surface area contributed by atoms with Crippen molar-refractivity contribution in [3.63, 3.8) is 0 Å². The Hall–Kier alpha value is -0.183. The van der Waals surface area contributed by atoms with Crippen LogP contribution in [-0.2, 0) is 0 Å². The van der Waals surface area contributed by atoms with Crippen molar-refractivity contribution in [1.29, 1.82) is 0 Å². The van der Waals surface area contributed by atoms with Crippen LogP contribution in [0, 0.1) is 5.92 Å². The van der Waals surface area contributed by atoms with Crippen LogP contribution in [0.15, 0.2) is 34.6 Å². The molecule has 2 aliphatic carbocycles. The van der Waals surface area contributed by atoms with E-state index >= 15 is 0 Å². The summed E-state index contributed by atoms with van der Waals surface area (Å²) >= 11 is 2.14. The van der Waals surface area contributed by atoms with Crippen molar-refractivity contribution in [1.82, 2.24) is 0 Å². The Morgan fingerprint density at radius 2 is 2.10 bits per heavy atom. The van der Waals surface area contributed by atoms with Crippen LogP contribution >= 0.6 is 0 Å². The monoisotopic (exact) mass is 126 g/mol. The predicted octanol–water partition coefficient (Wildman–Crippen LogP) is 2.19. The van der Waals surface area contributed by atoms with Crippen LogP contribution in [0.2, 0.25) is 0 Å².